The third kappa shape index (κ3) is 4.82. The second kappa shape index (κ2) is 9.05. The van der Waals surface area contributed by atoms with E-state index in [0.29, 0.717) is 17.9 Å². The molecule has 1 heterocycles. The average molecular weight is 393 g/mol. The van der Waals surface area contributed by atoms with Crippen LogP contribution >= 0.6 is 0 Å². The molecule has 0 bridgehead atoms. The Kier molecular flexibility index (Phi) is 6.29. The fourth-order valence-corrected chi connectivity index (χ4v) is 2.98. The number of nitrogens with one attached hydrogen (secondary N) is 2. The fraction of sp³-hybridized carbons (Fsp3) is 0.227. The summed E-state index contributed by atoms with van der Waals surface area (Å²) in [6.07, 6.45) is 0.327. The van der Waals surface area contributed by atoms with Gasteiger partial charge in [-0.25, -0.2) is 9.78 Å². The van der Waals surface area contributed by atoms with E-state index in [1.54, 1.807) is 14.0 Å². The highest BCUT2D eigenvalue weighted by Crippen LogP contribution is 2.21. The van der Waals surface area contributed by atoms with Crippen molar-refractivity contribution in [2.75, 3.05) is 14.2 Å². The average Bonchev–Trinajstić information content (AvgIpc) is 3.15. The molecule has 3 aromatic rings. The van der Waals surface area contributed by atoms with Gasteiger partial charge in [0.2, 0.25) is 0 Å². The first-order valence-corrected chi connectivity index (χ1v) is 9.15. The standard InChI is InChI=1S/C22H23N3O4/c1-14-19(25-20(23-14)16-9-11-17(28-2)12-10-16)21(26)24-18(22(27)29-3)13-15-7-5-4-6-8-15/h4-12,18H,13H2,1-3H3,(H,23,25)(H,24,26)/t18-/m0/s1. The summed E-state index contributed by atoms with van der Waals surface area (Å²) in [5.74, 6) is 0.348. The summed E-state index contributed by atoms with van der Waals surface area (Å²) in [5.41, 5.74) is 2.58. The van der Waals surface area contributed by atoms with Crippen LogP contribution in [0.5, 0.6) is 5.75 Å². The van der Waals surface area contributed by atoms with E-state index in [-0.39, 0.29) is 5.69 Å². The molecule has 29 heavy (non-hydrogen) atoms. The van der Waals surface area contributed by atoms with Crippen molar-refractivity contribution >= 4 is 11.9 Å². The first-order chi connectivity index (χ1) is 14.0. The molecule has 1 atom stereocenters. The number of carbonyl (C=O) groups excluding carboxylic acids is 2. The number of imidazole rings is 1. The van der Waals surface area contributed by atoms with Crippen LogP contribution in [0.1, 0.15) is 21.7 Å². The van der Waals surface area contributed by atoms with Gasteiger partial charge in [-0.05, 0) is 36.8 Å². The van der Waals surface area contributed by atoms with E-state index in [2.05, 4.69) is 15.3 Å². The van der Waals surface area contributed by atoms with Crippen molar-refractivity contribution in [3.05, 3.63) is 71.5 Å². The number of hydrogen-bond acceptors (Lipinski definition) is 5. The topological polar surface area (TPSA) is 93.3 Å². The molecule has 0 aliphatic heterocycles. The van der Waals surface area contributed by atoms with Crippen LogP contribution in [-0.4, -0.2) is 42.1 Å². The third-order valence-corrected chi connectivity index (χ3v) is 4.54. The summed E-state index contributed by atoms with van der Waals surface area (Å²) >= 11 is 0. The van der Waals surface area contributed by atoms with Crippen LogP contribution in [0.15, 0.2) is 54.6 Å². The van der Waals surface area contributed by atoms with Gasteiger partial charge >= 0.3 is 5.97 Å². The van der Waals surface area contributed by atoms with Crippen molar-refractivity contribution in [2.45, 2.75) is 19.4 Å². The largest absolute Gasteiger partial charge is 0.497 e. The summed E-state index contributed by atoms with van der Waals surface area (Å²) in [5, 5.41) is 2.74. The summed E-state index contributed by atoms with van der Waals surface area (Å²) in [6, 6.07) is 16.0. The second-order valence-electron chi connectivity index (χ2n) is 6.53. The Balaban J connectivity index is 1.79. The van der Waals surface area contributed by atoms with E-state index in [1.165, 1.54) is 7.11 Å². The first kappa shape index (κ1) is 20.1. The SMILES string of the molecule is COC(=O)[C@H](Cc1ccccc1)NC(=O)c1nc(-c2ccc(OC)cc2)[nH]c1C. The molecule has 7 heteroatoms. The summed E-state index contributed by atoms with van der Waals surface area (Å²) < 4.78 is 10.0. The Hall–Kier alpha value is -3.61. The van der Waals surface area contributed by atoms with E-state index in [4.69, 9.17) is 9.47 Å². The molecule has 1 aromatic heterocycles. The number of carbonyl (C=O) groups is 2. The van der Waals surface area contributed by atoms with Gasteiger partial charge < -0.3 is 19.8 Å². The molecule has 0 aliphatic rings. The minimum absolute atomic E-state index is 0.234. The van der Waals surface area contributed by atoms with Gasteiger partial charge in [0, 0.05) is 17.7 Å². The molecule has 150 valence electrons. The van der Waals surface area contributed by atoms with Crippen molar-refractivity contribution < 1.29 is 19.1 Å². The highest BCUT2D eigenvalue weighted by molar-refractivity contribution is 5.96. The number of rotatable bonds is 7. The number of amides is 1. The molecule has 0 spiro atoms. The predicted octanol–water partition coefficient (Wildman–Crippen LogP) is 2.91. The zero-order chi connectivity index (χ0) is 20.8. The number of methoxy groups -OCH3 is 2. The van der Waals surface area contributed by atoms with Gasteiger partial charge in [-0.15, -0.1) is 0 Å². The van der Waals surface area contributed by atoms with Crippen molar-refractivity contribution in [2.24, 2.45) is 0 Å². The van der Waals surface area contributed by atoms with Gasteiger partial charge in [0.05, 0.1) is 14.2 Å². The molecular weight excluding hydrogens is 370 g/mol. The number of nitrogens with zero attached hydrogens (tertiary/aromatic N) is 1. The lowest BCUT2D eigenvalue weighted by Crippen LogP contribution is -2.43. The smallest absolute Gasteiger partial charge is 0.328 e. The quantitative estimate of drug-likeness (QED) is 0.602. The molecule has 0 unspecified atom stereocenters. The number of esters is 1. The number of hydrogen-bond donors (Lipinski definition) is 2. The Morgan fingerprint density at radius 2 is 1.76 bits per heavy atom. The number of aryl methyl sites for hydroxylation is 1. The lowest BCUT2D eigenvalue weighted by atomic mass is 10.1. The third-order valence-electron chi connectivity index (χ3n) is 4.54. The maximum atomic E-state index is 12.8. The van der Waals surface area contributed by atoms with E-state index in [9.17, 15) is 9.59 Å². The van der Waals surface area contributed by atoms with Crippen LogP contribution in [0, 0.1) is 6.92 Å². The van der Waals surface area contributed by atoms with E-state index in [1.807, 2.05) is 54.6 Å². The fourth-order valence-electron chi connectivity index (χ4n) is 2.98. The van der Waals surface area contributed by atoms with Gasteiger partial charge in [0.15, 0.2) is 0 Å². The van der Waals surface area contributed by atoms with Crippen molar-refractivity contribution in [1.82, 2.24) is 15.3 Å². The first-order valence-electron chi connectivity index (χ1n) is 9.15. The monoisotopic (exact) mass is 393 g/mol. The number of H-pyrrole nitrogens is 1. The maximum absolute atomic E-state index is 12.8. The molecular formula is C22H23N3O4. The van der Waals surface area contributed by atoms with Crippen molar-refractivity contribution in [3.63, 3.8) is 0 Å². The highest BCUT2D eigenvalue weighted by atomic mass is 16.5. The van der Waals surface area contributed by atoms with Crippen molar-refractivity contribution in [3.8, 4) is 17.1 Å². The molecule has 0 saturated heterocycles. The number of aromatic amines is 1. The van der Waals surface area contributed by atoms with Gasteiger partial charge in [0.25, 0.3) is 5.91 Å². The molecule has 0 saturated carbocycles. The molecule has 7 nitrogen and oxygen atoms in total. The zero-order valence-corrected chi connectivity index (χ0v) is 16.6. The van der Waals surface area contributed by atoms with Gasteiger partial charge in [-0.3, -0.25) is 4.79 Å². The Labute approximate surface area is 169 Å². The number of benzene rings is 2. The number of ether oxygens (including phenoxy) is 2. The Morgan fingerprint density at radius 1 is 1.07 bits per heavy atom. The van der Waals surface area contributed by atoms with Crippen LogP contribution in [0.25, 0.3) is 11.4 Å². The predicted molar refractivity (Wildman–Crippen MR) is 109 cm³/mol. The number of aromatic nitrogens is 2. The van der Waals surface area contributed by atoms with Crippen molar-refractivity contribution in [1.29, 1.82) is 0 Å². The maximum Gasteiger partial charge on any atom is 0.328 e. The highest BCUT2D eigenvalue weighted by Gasteiger charge is 2.25. The molecule has 3 rings (SSSR count). The minimum atomic E-state index is -0.810. The van der Waals surface area contributed by atoms with Gasteiger partial charge in [-0.2, -0.15) is 0 Å². The summed E-state index contributed by atoms with van der Waals surface area (Å²) in [4.78, 5) is 32.5. The lowest BCUT2D eigenvalue weighted by Gasteiger charge is -2.16. The van der Waals surface area contributed by atoms with Gasteiger partial charge in [0.1, 0.15) is 23.3 Å². The van der Waals surface area contributed by atoms with Crippen LogP contribution in [0.3, 0.4) is 0 Å². The van der Waals surface area contributed by atoms with E-state index < -0.39 is 17.9 Å². The molecule has 0 radical (unpaired) electrons. The summed E-state index contributed by atoms with van der Waals surface area (Å²) in [7, 11) is 2.90. The van der Waals surface area contributed by atoms with Crippen LogP contribution in [0.4, 0.5) is 0 Å². The molecule has 2 N–H and O–H groups in total. The van der Waals surface area contributed by atoms with E-state index in [0.717, 1.165) is 16.9 Å². The van der Waals surface area contributed by atoms with E-state index >= 15 is 0 Å². The molecule has 0 fully saturated rings. The zero-order valence-electron chi connectivity index (χ0n) is 16.6. The second-order valence-corrected chi connectivity index (χ2v) is 6.53. The minimum Gasteiger partial charge on any atom is -0.497 e. The lowest BCUT2D eigenvalue weighted by molar-refractivity contribution is -0.142. The summed E-state index contributed by atoms with van der Waals surface area (Å²) in [6.45, 7) is 1.76. The molecule has 2 aromatic carbocycles. The Bertz CT molecular complexity index is 981. The molecule has 0 aliphatic carbocycles. The van der Waals surface area contributed by atoms with Gasteiger partial charge in [-0.1, -0.05) is 30.3 Å². The van der Waals surface area contributed by atoms with Crippen LogP contribution in [-0.2, 0) is 16.0 Å². The van der Waals surface area contributed by atoms with Crippen LogP contribution in [0.2, 0.25) is 0 Å². The molecule has 1 amide bonds. The normalized spacial score (nSPS) is 11.6. The van der Waals surface area contributed by atoms with Crippen LogP contribution < -0.4 is 10.1 Å². The Morgan fingerprint density at radius 3 is 2.38 bits per heavy atom.